The molecule has 4 nitrogen and oxygen atoms in total. The summed E-state index contributed by atoms with van der Waals surface area (Å²) >= 11 is 0. The van der Waals surface area contributed by atoms with Gasteiger partial charge in [0.25, 0.3) is 0 Å². The van der Waals surface area contributed by atoms with Gasteiger partial charge in [0.2, 0.25) is 0 Å². The number of ether oxygens (including phenoxy) is 1. The molecule has 0 radical (unpaired) electrons. The van der Waals surface area contributed by atoms with E-state index >= 15 is 0 Å². The third kappa shape index (κ3) is 2.99. The number of aliphatic hydroxyl groups excluding tert-OH is 1. The smallest absolute Gasteiger partial charge is 0.303 e. The van der Waals surface area contributed by atoms with Crippen molar-refractivity contribution in [2.75, 3.05) is 6.61 Å². The number of hydrogen-bond acceptors (Lipinski definition) is 4. The molecule has 3 saturated carbocycles. The van der Waals surface area contributed by atoms with Crippen LogP contribution in [-0.4, -0.2) is 29.6 Å². The minimum atomic E-state index is -0.371. The number of ketones is 1. The quantitative estimate of drug-likeness (QED) is 0.598. The minimum absolute atomic E-state index is 0.0363. The summed E-state index contributed by atoms with van der Waals surface area (Å²) in [6, 6.07) is 0. The van der Waals surface area contributed by atoms with E-state index in [2.05, 4.69) is 19.9 Å². The van der Waals surface area contributed by atoms with Gasteiger partial charge >= 0.3 is 5.97 Å². The molecule has 4 aliphatic rings. The lowest BCUT2D eigenvalue weighted by atomic mass is 9.47. The fraction of sp³-hybridized carbons (Fsp3) is 0.826. The van der Waals surface area contributed by atoms with E-state index < -0.39 is 0 Å². The van der Waals surface area contributed by atoms with Crippen molar-refractivity contribution in [1.29, 1.82) is 0 Å². The number of rotatable bonds is 3. The zero-order chi connectivity index (χ0) is 19.4. The lowest BCUT2D eigenvalue weighted by Crippen LogP contribution is -2.51. The number of fused-ring (bicyclic) bond motifs is 5. The molecule has 4 aliphatic carbocycles. The van der Waals surface area contributed by atoms with Crippen LogP contribution in [0.25, 0.3) is 0 Å². The summed E-state index contributed by atoms with van der Waals surface area (Å²) in [5.74, 6) is 1.71. The molecule has 0 spiro atoms. The summed E-state index contributed by atoms with van der Waals surface area (Å²) in [7, 11) is 0. The molecule has 0 bridgehead atoms. The zero-order valence-electron chi connectivity index (χ0n) is 17.0. The second-order valence-corrected chi connectivity index (χ2v) is 10.1. The van der Waals surface area contributed by atoms with E-state index in [1.54, 1.807) is 0 Å². The van der Waals surface area contributed by atoms with Crippen LogP contribution in [0.5, 0.6) is 0 Å². The van der Waals surface area contributed by atoms with Gasteiger partial charge in [0.05, 0.1) is 6.10 Å². The van der Waals surface area contributed by atoms with Gasteiger partial charge in [0, 0.05) is 12.8 Å². The van der Waals surface area contributed by atoms with Crippen LogP contribution < -0.4 is 0 Å². The Kier molecular flexibility index (Phi) is 4.77. The lowest BCUT2D eigenvalue weighted by molar-refractivity contribution is -0.149. The number of carbonyl (C=O) groups is 2. The monoisotopic (exact) mass is 374 g/mol. The summed E-state index contributed by atoms with van der Waals surface area (Å²) in [5.41, 5.74) is 1.78. The number of allylic oxidation sites excluding steroid dienone is 1. The number of aliphatic hydroxyl groups is 1. The molecule has 0 aromatic rings. The van der Waals surface area contributed by atoms with Crippen LogP contribution in [0, 0.1) is 34.5 Å². The second-order valence-electron chi connectivity index (χ2n) is 10.1. The first-order valence-electron chi connectivity index (χ1n) is 10.8. The molecule has 0 aromatic carbocycles. The van der Waals surface area contributed by atoms with Crippen LogP contribution in [0.2, 0.25) is 0 Å². The topological polar surface area (TPSA) is 63.6 Å². The summed E-state index contributed by atoms with van der Waals surface area (Å²) < 4.78 is 5.02. The van der Waals surface area contributed by atoms with E-state index in [1.807, 2.05) is 0 Å². The van der Waals surface area contributed by atoms with E-state index in [0.29, 0.717) is 17.8 Å². The van der Waals surface area contributed by atoms with E-state index in [9.17, 15) is 14.7 Å². The van der Waals surface area contributed by atoms with E-state index in [4.69, 9.17) is 4.74 Å². The lowest BCUT2D eigenvalue weighted by Gasteiger charge is -2.57. The van der Waals surface area contributed by atoms with Crippen molar-refractivity contribution in [2.24, 2.45) is 34.5 Å². The molecule has 4 rings (SSSR count). The zero-order valence-corrected chi connectivity index (χ0v) is 17.0. The first-order valence-corrected chi connectivity index (χ1v) is 10.8. The van der Waals surface area contributed by atoms with E-state index in [-0.39, 0.29) is 41.2 Å². The van der Waals surface area contributed by atoms with Crippen molar-refractivity contribution in [3.8, 4) is 0 Å². The summed E-state index contributed by atoms with van der Waals surface area (Å²) in [6.45, 7) is 6.06. The molecule has 3 fully saturated rings. The Morgan fingerprint density at radius 3 is 2.67 bits per heavy atom. The van der Waals surface area contributed by atoms with Crippen molar-refractivity contribution in [2.45, 2.75) is 78.2 Å². The van der Waals surface area contributed by atoms with Crippen LogP contribution in [0.15, 0.2) is 11.6 Å². The Labute approximate surface area is 162 Å². The highest BCUT2D eigenvalue weighted by atomic mass is 16.5. The molecule has 7 atom stereocenters. The molecular weight excluding hydrogens is 340 g/mol. The van der Waals surface area contributed by atoms with Crippen LogP contribution in [0.3, 0.4) is 0 Å². The highest BCUT2D eigenvalue weighted by Crippen LogP contribution is 2.66. The Morgan fingerprint density at radius 2 is 1.93 bits per heavy atom. The van der Waals surface area contributed by atoms with Crippen LogP contribution >= 0.6 is 0 Å². The number of carbonyl (C=O) groups excluding carboxylic acids is 2. The SMILES string of the molecule is CC(=O)OCC(=O)[C@@H]1CC[C@@H]2[C@@H]3CC=C4C[C@H](O)CC[C@]4(C)[C@H]3CC[C@@]21C. The molecule has 0 unspecified atom stereocenters. The largest absolute Gasteiger partial charge is 0.458 e. The summed E-state index contributed by atoms with van der Waals surface area (Å²) in [5, 5.41) is 10.1. The first-order chi connectivity index (χ1) is 12.8. The van der Waals surface area contributed by atoms with Gasteiger partial charge in [-0.2, -0.15) is 0 Å². The Bertz CT molecular complexity index is 667. The predicted octanol–water partition coefficient (Wildman–Crippen LogP) is 4.06. The van der Waals surface area contributed by atoms with Gasteiger partial charge in [-0.05, 0) is 80.0 Å². The average Bonchev–Trinajstić information content (AvgIpc) is 2.97. The van der Waals surface area contributed by atoms with Crippen molar-refractivity contribution >= 4 is 11.8 Å². The molecule has 1 N–H and O–H groups in total. The maximum atomic E-state index is 12.8. The molecule has 0 heterocycles. The summed E-state index contributed by atoms with van der Waals surface area (Å²) in [4.78, 5) is 23.9. The maximum Gasteiger partial charge on any atom is 0.303 e. The van der Waals surface area contributed by atoms with Crippen molar-refractivity contribution in [3.63, 3.8) is 0 Å². The van der Waals surface area contributed by atoms with Gasteiger partial charge in [0.1, 0.15) is 6.61 Å². The molecule has 0 saturated heterocycles. The standard InChI is InChI=1S/C23H34O4/c1-14(24)27-13-21(26)20-7-6-18-17-5-4-15-12-16(25)8-10-22(15,2)19(17)9-11-23(18,20)3/h4,16-20,25H,5-13H2,1-3H3/t16-,17+,18-,19+,20+,22+,23+/m1/s1. The molecule has 27 heavy (non-hydrogen) atoms. The highest BCUT2D eigenvalue weighted by molar-refractivity contribution is 5.85. The third-order valence-corrected chi connectivity index (χ3v) is 8.88. The summed E-state index contributed by atoms with van der Waals surface area (Å²) in [6.07, 6.45) is 10.6. The molecule has 0 aromatic heterocycles. The second kappa shape index (κ2) is 6.72. The molecule has 0 amide bonds. The van der Waals surface area contributed by atoms with Gasteiger partial charge < -0.3 is 9.84 Å². The Balaban J connectivity index is 1.55. The predicted molar refractivity (Wildman–Crippen MR) is 103 cm³/mol. The van der Waals surface area contributed by atoms with Gasteiger partial charge in [-0.1, -0.05) is 25.5 Å². The molecular formula is C23H34O4. The Morgan fingerprint density at radius 1 is 1.15 bits per heavy atom. The van der Waals surface area contributed by atoms with Gasteiger partial charge in [-0.15, -0.1) is 0 Å². The molecule has 150 valence electrons. The van der Waals surface area contributed by atoms with Gasteiger partial charge in [-0.3, -0.25) is 9.59 Å². The van der Waals surface area contributed by atoms with E-state index in [0.717, 1.165) is 44.9 Å². The number of Topliss-reactive ketones (excluding diaryl/α,β-unsaturated/α-hetero) is 1. The van der Waals surface area contributed by atoms with Crippen molar-refractivity contribution in [3.05, 3.63) is 11.6 Å². The van der Waals surface area contributed by atoms with Crippen LogP contribution in [-0.2, 0) is 14.3 Å². The third-order valence-electron chi connectivity index (χ3n) is 8.88. The average molecular weight is 375 g/mol. The van der Waals surface area contributed by atoms with Crippen LogP contribution in [0.1, 0.15) is 72.1 Å². The highest BCUT2D eigenvalue weighted by Gasteiger charge is 2.59. The van der Waals surface area contributed by atoms with Crippen molar-refractivity contribution in [1.82, 2.24) is 0 Å². The number of esters is 1. The fourth-order valence-corrected chi connectivity index (χ4v) is 7.44. The normalized spacial score (nSPS) is 45.9. The Hall–Kier alpha value is -1.16. The number of hydrogen-bond donors (Lipinski definition) is 1. The fourth-order valence-electron chi connectivity index (χ4n) is 7.44. The molecule has 0 aliphatic heterocycles. The van der Waals surface area contributed by atoms with Crippen LogP contribution in [0.4, 0.5) is 0 Å². The molecule has 4 heteroatoms. The first kappa shape index (κ1) is 19.2. The van der Waals surface area contributed by atoms with Gasteiger partial charge in [0.15, 0.2) is 5.78 Å². The van der Waals surface area contributed by atoms with Gasteiger partial charge in [-0.25, -0.2) is 0 Å². The van der Waals surface area contributed by atoms with E-state index in [1.165, 1.54) is 18.9 Å². The maximum absolute atomic E-state index is 12.8. The van der Waals surface area contributed by atoms with Crippen molar-refractivity contribution < 1.29 is 19.4 Å². The minimum Gasteiger partial charge on any atom is -0.458 e.